The van der Waals surface area contributed by atoms with Crippen molar-refractivity contribution in [3.63, 3.8) is 0 Å². The molecule has 0 amide bonds. The largest absolute Gasteiger partial charge is 0.399 e. The fourth-order valence-electron chi connectivity index (χ4n) is 3.02. The lowest BCUT2D eigenvalue weighted by Crippen LogP contribution is -1.83. The number of nitrogen functional groups attached to an aromatic ring is 1. The van der Waals surface area contributed by atoms with Gasteiger partial charge in [0.1, 0.15) is 10.0 Å². The summed E-state index contributed by atoms with van der Waals surface area (Å²) in [6.07, 6.45) is 0. The van der Waals surface area contributed by atoms with Gasteiger partial charge in [-0.05, 0) is 55.0 Å². The van der Waals surface area contributed by atoms with Gasteiger partial charge < -0.3 is 5.73 Å². The first kappa shape index (κ1) is 25.5. The van der Waals surface area contributed by atoms with E-state index in [9.17, 15) is 0 Å². The van der Waals surface area contributed by atoms with Gasteiger partial charge in [0.2, 0.25) is 0 Å². The Morgan fingerprint density at radius 2 is 1.25 bits per heavy atom. The molecule has 0 aliphatic carbocycles. The number of nitrogens with zero attached hydrogens (tertiary/aromatic N) is 2. The van der Waals surface area contributed by atoms with E-state index in [0.29, 0.717) is 0 Å². The molecular weight excluding hydrogens is 430 g/mol. The first-order chi connectivity index (χ1) is 15.7. The van der Waals surface area contributed by atoms with Crippen LogP contribution in [-0.2, 0) is 0 Å². The molecule has 5 heteroatoms. The molecule has 0 radical (unpaired) electrons. The summed E-state index contributed by atoms with van der Waals surface area (Å²) in [4.78, 5) is 9.67. The van der Waals surface area contributed by atoms with Crippen LogP contribution in [0.25, 0.3) is 41.6 Å². The van der Waals surface area contributed by atoms with Gasteiger partial charge in [-0.1, -0.05) is 59.7 Å². The zero-order chi connectivity index (χ0) is 23.7. The highest BCUT2D eigenvalue weighted by Crippen LogP contribution is 2.36. The van der Waals surface area contributed by atoms with Crippen molar-refractivity contribution in [2.75, 3.05) is 5.73 Å². The summed E-state index contributed by atoms with van der Waals surface area (Å²) < 4.78 is 2.40. The molecule has 32 heavy (non-hydrogen) atoms. The molecule has 5 aromatic rings. The zero-order valence-electron chi connectivity index (χ0n) is 20.1. The summed E-state index contributed by atoms with van der Waals surface area (Å²) in [6.45, 7) is 14.1. The third-order valence-corrected chi connectivity index (χ3v) is 6.57. The Labute approximate surface area is 200 Å². The molecule has 0 spiro atoms. The van der Waals surface area contributed by atoms with Crippen molar-refractivity contribution in [1.82, 2.24) is 9.97 Å². The summed E-state index contributed by atoms with van der Waals surface area (Å²) in [5.41, 5.74) is 12.1. The third kappa shape index (κ3) is 5.53. The van der Waals surface area contributed by atoms with Crippen LogP contribution in [0, 0.1) is 6.92 Å². The molecule has 3 nitrogen and oxygen atoms in total. The summed E-state index contributed by atoms with van der Waals surface area (Å²) in [5, 5.41) is 2.05. The number of nitrogens with two attached hydrogens (primary N) is 1. The first-order valence-corrected chi connectivity index (χ1v) is 12.9. The average molecular weight is 464 g/mol. The van der Waals surface area contributed by atoms with Crippen molar-refractivity contribution in [1.29, 1.82) is 0 Å². The minimum Gasteiger partial charge on any atom is -0.399 e. The van der Waals surface area contributed by atoms with Crippen LogP contribution in [0.2, 0.25) is 0 Å². The fourth-order valence-corrected chi connectivity index (χ4v) is 5.01. The second-order valence-corrected chi connectivity index (χ2v) is 8.33. The van der Waals surface area contributed by atoms with E-state index in [-0.39, 0.29) is 0 Å². The van der Waals surface area contributed by atoms with Gasteiger partial charge in [0.15, 0.2) is 0 Å². The minimum absolute atomic E-state index is 0.767. The second-order valence-electron chi connectivity index (χ2n) is 6.26. The van der Waals surface area contributed by atoms with E-state index < -0.39 is 0 Å². The van der Waals surface area contributed by atoms with E-state index in [2.05, 4.69) is 43.3 Å². The zero-order valence-corrected chi connectivity index (χ0v) is 21.7. The normalized spacial score (nSPS) is 9.84. The second kappa shape index (κ2) is 12.3. The molecule has 0 aliphatic rings. The Morgan fingerprint density at radius 1 is 0.656 bits per heavy atom. The van der Waals surface area contributed by atoms with Crippen LogP contribution in [0.1, 0.15) is 47.1 Å². The molecule has 0 fully saturated rings. The van der Waals surface area contributed by atoms with E-state index in [1.807, 2.05) is 65.8 Å². The lowest BCUT2D eigenvalue weighted by Gasteiger charge is -1.96. The summed E-state index contributed by atoms with van der Waals surface area (Å²) in [5.74, 6) is 0. The first-order valence-electron chi connectivity index (χ1n) is 11.3. The van der Waals surface area contributed by atoms with Gasteiger partial charge in [0, 0.05) is 16.8 Å². The summed E-state index contributed by atoms with van der Waals surface area (Å²) in [6, 6.07) is 20.6. The van der Waals surface area contributed by atoms with E-state index in [4.69, 9.17) is 15.7 Å². The topological polar surface area (TPSA) is 51.8 Å². The number of hydrogen-bond acceptors (Lipinski definition) is 5. The number of para-hydroxylation sites is 1. The minimum atomic E-state index is 0.767. The van der Waals surface area contributed by atoms with E-state index >= 15 is 0 Å². The molecule has 0 unspecified atom stereocenters. The molecule has 2 aromatic heterocycles. The lowest BCUT2D eigenvalue weighted by molar-refractivity contribution is 1.42. The number of thiazole rings is 2. The van der Waals surface area contributed by atoms with Crippen molar-refractivity contribution >= 4 is 48.8 Å². The molecule has 0 aliphatic heterocycles. The summed E-state index contributed by atoms with van der Waals surface area (Å²) in [7, 11) is 0. The monoisotopic (exact) mass is 463 g/mol. The van der Waals surface area contributed by atoms with Gasteiger partial charge in [-0.3, -0.25) is 0 Å². The van der Waals surface area contributed by atoms with Crippen LogP contribution in [0.3, 0.4) is 0 Å². The Kier molecular flexibility index (Phi) is 9.82. The molecule has 0 atom stereocenters. The fraction of sp³-hybridized carbons (Fsp3) is 0.259. The van der Waals surface area contributed by atoms with Crippen LogP contribution in [0.4, 0.5) is 5.69 Å². The van der Waals surface area contributed by atoms with Crippen LogP contribution in [0.15, 0.2) is 60.7 Å². The molecule has 0 saturated heterocycles. The van der Waals surface area contributed by atoms with Gasteiger partial charge in [-0.25, -0.2) is 9.97 Å². The SMILES string of the molecule is CC.CC.CC.Cc1cccc2sc(-c3ccc4sc(-c5ccc(N)cc5)nc4c3)nc12. The van der Waals surface area contributed by atoms with Crippen LogP contribution in [-0.4, -0.2) is 9.97 Å². The maximum atomic E-state index is 5.78. The van der Waals surface area contributed by atoms with E-state index in [1.165, 1.54) is 15.0 Å². The Bertz CT molecular complexity index is 1250. The molecule has 2 N–H and O–H groups in total. The summed E-state index contributed by atoms with van der Waals surface area (Å²) >= 11 is 3.43. The van der Waals surface area contributed by atoms with Gasteiger partial charge in [-0.2, -0.15) is 0 Å². The highest BCUT2D eigenvalue weighted by molar-refractivity contribution is 7.22. The Hall–Kier alpha value is -2.76. The number of fused-ring (bicyclic) bond motifs is 2. The van der Waals surface area contributed by atoms with Crippen molar-refractivity contribution in [3.8, 4) is 21.1 Å². The van der Waals surface area contributed by atoms with Gasteiger partial charge >= 0.3 is 0 Å². The molecule has 168 valence electrons. The maximum Gasteiger partial charge on any atom is 0.124 e. The van der Waals surface area contributed by atoms with Crippen molar-refractivity contribution in [3.05, 3.63) is 66.2 Å². The molecule has 2 heterocycles. The van der Waals surface area contributed by atoms with Gasteiger partial charge in [0.25, 0.3) is 0 Å². The van der Waals surface area contributed by atoms with E-state index in [1.54, 1.807) is 22.7 Å². The average Bonchev–Trinajstić information content (AvgIpc) is 3.48. The van der Waals surface area contributed by atoms with Gasteiger partial charge in [-0.15, -0.1) is 22.7 Å². The molecule has 5 rings (SSSR count). The highest BCUT2D eigenvalue weighted by Gasteiger charge is 2.11. The number of benzene rings is 3. The predicted octanol–water partition coefficient (Wildman–Crippen LogP) is 9.21. The smallest absolute Gasteiger partial charge is 0.124 e. The lowest BCUT2D eigenvalue weighted by atomic mass is 10.2. The molecule has 3 aromatic carbocycles. The molecule has 0 saturated carbocycles. The highest BCUT2D eigenvalue weighted by atomic mass is 32.1. The number of rotatable bonds is 2. The van der Waals surface area contributed by atoms with Crippen molar-refractivity contribution in [2.24, 2.45) is 0 Å². The Balaban J connectivity index is 0.000000561. The third-order valence-electron chi connectivity index (χ3n) is 4.41. The van der Waals surface area contributed by atoms with Crippen LogP contribution < -0.4 is 5.73 Å². The van der Waals surface area contributed by atoms with Crippen LogP contribution >= 0.6 is 22.7 Å². The molecule has 0 bridgehead atoms. The van der Waals surface area contributed by atoms with Gasteiger partial charge in [0.05, 0.1) is 20.4 Å². The van der Waals surface area contributed by atoms with E-state index in [0.717, 1.165) is 37.9 Å². The van der Waals surface area contributed by atoms with Crippen molar-refractivity contribution in [2.45, 2.75) is 48.5 Å². The predicted molar refractivity (Wildman–Crippen MR) is 147 cm³/mol. The number of aryl methyl sites for hydroxylation is 1. The molecular formula is C27H33N3S2. The quantitative estimate of drug-likeness (QED) is 0.265. The number of anilines is 1. The standard InChI is InChI=1S/C21H15N3S2.3C2H6/c1-12-3-2-4-18-19(12)24-21(26-18)14-7-10-17-16(11-14)23-20(25-17)13-5-8-15(22)9-6-13;3*1-2/h2-11H,22H2,1H3;3*1-2H3. The van der Waals surface area contributed by atoms with Crippen molar-refractivity contribution < 1.29 is 0 Å². The number of aromatic nitrogens is 2. The Morgan fingerprint density at radius 3 is 1.91 bits per heavy atom. The number of hydrogen-bond donors (Lipinski definition) is 1. The van der Waals surface area contributed by atoms with Crippen LogP contribution in [0.5, 0.6) is 0 Å². The maximum absolute atomic E-state index is 5.78.